The van der Waals surface area contributed by atoms with Crippen LogP contribution in [0.4, 0.5) is 5.69 Å². The standard InChI is InChI=1S/C18H16N4O2/c19-16(23)18(9-10-18)17(24)20-12-7-5-11(6-8-12)15-21-13-3-1-2-4-14(13)22-15/h1-8H,9-10H2,(H2,19,23)(H,20,24)(H,21,22). The number of carbonyl (C=O) groups excluding carboxylic acids is 2. The molecule has 0 saturated heterocycles. The summed E-state index contributed by atoms with van der Waals surface area (Å²) < 4.78 is 0. The van der Waals surface area contributed by atoms with Crippen LogP contribution < -0.4 is 11.1 Å². The normalized spacial score (nSPS) is 15.2. The van der Waals surface area contributed by atoms with E-state index in [0.29, 0.717) is 18.5 Å². The molecule has 4 N–H and O–H groups in total. The Morgan fingerprint density at radius 2 is 1.79 bits per heavy atom. The van der Waals surface area contributed by atoms with Crippen molar-refractivity contribution in [2.45, 2.75) is 12.8 Å². The van der Waals surface area contributed by atoms with Crippen LogP contribution in [-0.4, -0.2) is 21.8 Å². The van der Waals surface area contributed by atoms with E-state index in [2.05, 4.69) is 15.3 Å². The Hall–Kier alpha value is -3.15. The Morgan fingerprint density at radius 3 is 2.42 bits per heavy atom. The molecule has 3 aromatic rings. The fourth-order valence-electron chi connectivity index (χ4n) is 2.76. The van der Waals surface area contributed by atoms with E-state index in [1.165, 1.54) is 0 Å². The minimum absolute atomic E-state index is 0.327. The third kappa shape index (κ3) is 2.32. The fourth-order valence-corrected chi connectivity index (χ4v) is 2.76. The van der Waals surface area contributed by atoms with Crippen molar-refractivity contribution >= 4 is 28.5 Å². The van der Waals surface area contributed by atoms with Crippen LogP contribution in [0.15, 0.2) is 48.5 Å². The Bertz CT molecular complexity index is 906. The number of carbonyl (C=O) groups is 2. The fraction of sp³-hybridized carbons (Fsp3) is 0.167. The lowest BCUT2D eigenvalue weighted by Crippen LogP contribution is -2.36. The molecular weight excluding hydrogens is 304 g/mol. The molecule has 6 nitrogen and oxygen atoms in total. The maximum atomic E-state index is 12.2. The Labute approximate surface area is 138 Å². The van der Waals surface area contributed by atoms with Gasteiger partial charge in [0.25, 0.3) is 0 Å². The first kappa shape index (κ1) is 14.4. The zero-order valence-electron chi connectivity index (χ0n) is 12.9. The molecule has 1 aliphatic rings. The third-order valence-electron chi connectivity index (χ3n) is 4.46. The molecule has 1 heterocycles. The van der Waals surface area contributed by atoms with Crippen LogP contribution in [0.1, 0.15) is 12.8 Å². The molecule has 2 amide bonds. The molecule has 1 aliphatic carbocycles. The molecule has 6 heteroatoms. The van der Waals surface area contributed by atoms with E-state index in [9.17, 15) is 9.59 Å². The number of hydrogen-bond donors (Lipinski definition) is 3. The van der Waals surface area contributed by atoms with Crippen molar-refractivity contribution in [1.29, 1.82) is 0 Å². The molecule has 0 bridgehead atoms. The lowest BCUT2D eigenvalue weighted by Gasteiger charge is -2.11. The van der Waals surface area contributed by atoms with Crippen molar-refractivity contribution in [3.63, 3.8) is 0 Å². The van der Waals surface area contributed by atoms with Crippen molar-refractivity contribution in [3.05, 3.63) is 48.5 Å². The van der Waals surface area contributed by atoms with E-state index in [-0.39, 0.29) is 5.91 Å². The van der Waals surface area contributed by atoms with Crippen molar-refractivity contribution in [2.75, 3.05) is 5.32 Å². The smallest absolute Gasteiger partial charge is 0.240 e. The van der Waals surface area contributed by atoms with Gasteiger partial charge in [0, 0.05) is 11.3 Å². The SMILES string of the molecule is NC(=O)C1(C(=O)Nc2ccc(-c3nc4ccccc4[nH]3)cc2)CC1. The second-order valence-electron chi connectivity index (χ2n) is 6.08. The number of amides is 2. The maximum Gasteiger partial charge on any atom is 0.240 e. The Kier molecular flexibility index (Phi) is 3.13. The van der Waals surface area contributed by atoms with Crippen LogP contribution in [0.3, 0.4) is 0 Å². The quantitative estimate of drug-likeness (QED) is 0.643. The average molecular weight is 320 g/mol. The highest BCUT2D eigenvalue weighted by atomic mass is 16.2. The number of nitrogens with one attached hydrogen (secondary N) is 2. The summed E-state index contributed by atoms with van der Waals surface area (Å²) in [5.74, 6) is -0.116. The highest BCUT2D eigenvalue weighted by molar-refractivity contribution is 6.12. The Morgan fingerprint density at radius 1 is 1.08 bits per heavy atom. The number of nitrogens with two attached hydrogens (primary N) is 1. The van der Waals surface area contributed by atoms with Crippen molar-refractivity contribution in [3.8, 4) is 11.4 Å². The molecule has 2 aromatic carbocycles. The first-order chi connectivity index (χ1) is 11.6. The van der Waals surface area contributed by atoms with Crippen LogP contribution >= 0.6 is 0 Å². The maximum absolute atomic E-state index is 12.2. The zero-order chi connectivity index (χ0) is 16.7. The number of aromatic nitrogens is 2. The van der Waals surface area contributed by atoms with Gasteiger partial charge in [-0.2, -0.15) is 0 Å². The molecule has 120 valence electrons. The molecule has 0 aliphatic heterocycles. The number of H-pyrrole nitrogens is 1. The lowest BCUT2D eigenvalue weighted by atomic mass is 10.1. The molecule has 0 spiro atoms. The third-order valence-corrected chi connectivity index (χ3v) is 4.46. The van der Waals surface area contributed by atoms with Gasteiger partial charge in [0.05, 0.1) is 11.0 Å². The molecular formula is C18H16N4O2. The molecule has 0 unspecified atom stereocenters. The minimum atomic E-state index is -1.02. The second kappa shape index (κ2) is 5.19. The molecule has 0 radical (unpaired) electrons. The van der Waals surface area contributed by atoms with E-state index < -0.39 is 11.3 Å². The van der Waals surface area contributed by atoms with Gasteiger partial charge in [0.15, 0.2) is 0 Å². The number of primary amides is 1. The number of nitrogens with zero attached hydrogens (tertiary/aromatic N) is 1. The van der Waals surface area contributed by atoms with Crippen molar-refractivity contribution in [1.82, 2.24) is 9.97 Å². The van der Waals surface area contributed by atoms with Gasteiger partial charge >= 0.3 is 0 Å². The van der Waals surface area contributed by atoms with E-state index in [1.807, 2.05) is 36.4 Å². The summed E-state index contributed by atoms with van der Waals surface area (Å²) in [5, 5.41) is 2.76. The number of anilines is 1. The molecule has 4 rings (SSSR count). The summed E-state index contributed by atoms with van der Waals surface area (Å²) in [4.78, 5) is 31.4. The summed E-state index contributed by atoms with van der Waals surface area (Å²) in [7, 11) is 0. The summed E-state index contributed by atoms with van der Waals surface area (Å²) in [6.07, 6.45) is 1.04. The number of aromatic amines is 1. The van der Waals surface area contributed by atoms with E-state index in [1.54, 1.807) is 12.1 Å². The highest BCUT2D eigenvalue weighted by Gasteiger charge is 2.55. The van der Waals surface area contributed by atoms with Gasteiger partial charge in [0.1, 0.15) is 11.2 Å². The summed E-state index contributed by atoms with van der Waals surface area (Å²) in [5.41, 5.74) is 7.72. The zero-order valence-corrected chi connectivity index (χ0v) is 12.9. The van der Waals surface area contributed by atoms with Gasteiger partial charge < -0.3 is 16.0 Å². The molecule has 1 aromatic heterocycles. The van der Waals surface area contributed by atoms with Gasteiger partial charge in [-0.1, -0.05) is 12.1 Å². The lowest BCUT2D eigenvalue weighted by molar-refractivity contribution is -0.132. The number of hydrogen-bond acceptors (Lipinski definition) is 3. The number of imidazole rings is 1. The summed E-state index contributed by atoms with van der Waals surface area (Å²) >= 11 is 0. The predicted octanol–water partition coefficient (Wildman–Crippen LogP) is 2.43. The van der Waals surface area contributed by atoms with E-state index >= 15 is 0 Å². The minimum Gasteiger partial charge on any atom is -0.369 e. The van der Waals surface area contributed by atoms with Crippen LogP contribution in [0, 0.1) is 5.41 Å². The topological polar surface area (TPSA) is 101 Å². The van der Waals surface area contributed by atoms with E-state index in [4.69, 9.17) is 5.73 Å². The average Bonchev–Trinajstić information content (AvgIpc) is 3.29. The van der Waals surface area contributed by atoms with Gasteiger partial charge in [-0.05, 0) is 49.2 Å². The number of para-hydroxylation sites is 2. The van der Waals surface area contributed by atoms with Gasteiger partial charge in [-0.15, -0.1) is 0 Å². The first-order valence-electron chi connectivity index (χ1n) is 7.75. The number of rotatable bonds is 4. The Balaban J connectivity index is 1.54. The molecule has 1 saturated carbocycles. The predicted molar refractivity (Wildman–Crippen MR) is 91.0 cm³/mol. The second-order valence-corrected chi connectivity index (χ2v) is 6.08. The van der Waals surface area contributed by atoms with Crippen LogP contribution in [0.25, 0.3) is 22.4 Å². The largest absolute Gasteiger partial charge is 0.369 e. The van der Waals surface area contributed by atoms with Crippen molar-refractivity contribution in [2.24, 2.45) is 11.1 Å². The van der Waals surface area contributed by atoms with Crippen LogP contribution in [-0.2, 0) is 9.59 Å². The number of benzene rings is 2. The van der Waals surface area contributed by atoms with Gasteiger partial charge in [0.2, 0.25) is 11.8 Å². The van der Waals surface area contributed by atoms with Crippen LogP contribution in [0.5, 0.6) is 0 Å². The highest BCUT2D eigenvalue weighted by Crippen LogP contribution is 2.46. The van der Waals surface area contributed by atoms with Crippen molar-refractivity contribution < 1.29 is 9.59 Å². The summed E-state index contributed by atoms with van der Waals surface area (Å²) in [6.45, 7) is 0. The first-order valence-corrected chi connectivity index (χ1v) is 7.75. The van der Waals surface area contributed by atoms with Gasteiger partial charge in [-0.3, -0.25) is 9.59 Å². The molecule has 0 atom stereocenters. The number of fused-ring (bicyclic) bond motifs is 1. The van der Waals surface area contributed by atoms with Crippen LogP contribution in [0.2, 0.25) is 0 Å². The summed E-state index contributed by atoms with van der Waals surface area (Å²) in [6, 6.07) is 15.1. The van der Waals surface area contributed by atoms with Gasteiger partial charge in [-0.25, -0.2) is 4.98 Å². The van der Waals surface area contributed by atoms with E-state index in [0.717, 1.165) is 22.4 Å². The monoisotopic (exact) mass is 320 g/mol. The molecule has 24 heavy (non-hydrogen) atoms. The molecule has 1 fully saturated rings.